The molecule has 100 valence electrons. The largest absolute Gasteiger partial charge is 0.495 e. The predicted molar refractivity (Wildman–Crippen MR) is 75.0 cm³/mol. The highest BCUT2D eigenvalue weighted by atomic mass is 35.5. The van der Waals surface area contributed by atoms with Gasteiger partial charge >= 0.3 is 0 Å². The van der Waals surface area contributed by atoms with Crippen LogP contribution in [-0.2, 0) is 6.54 Å². The molecule has 0 bridgehead atoms. The van der Waals surface area contributed by atoms with Crippen LogP contribution in [0.4, 0.5) is 0 Å². The molecule has 1 aromatic carbocycles. The smallest absolute Gasteiger partial charge is 0.137 e. The first-order chi connectivity index (χ1) is 8.65. The minimum Gasteiger partial charge on any atom is -0.495 e. The fourth-order valence-electron chi connectivity index (χ4n) is 2.43. The zero-order chi connectivity index (χ0) is 13.1. The highest BCUT2D eigenvalue weighted by Crippen LogP contribution is 2.35. The average molecular weight is 269 g/mol. The summed E-state index contributed by atoms with van der Waals surface area (Å²) in [5.74, 6) is 1.51. The van der Waals surface area contributed by atoms with Crippen molar-refractivity contribution in [3.63, 3.8) is 0 Å². The van der Waals surface area contributed by atoms with Gasteiger partial charge in [0.2, 0.25) is 0 Å². The third kappa shape index (κ3) is 3.16. The summed E-state index contributed by atoms with van der Waals surface area (Å²) in [5.41, 5.74) is 7.05. The van der Waals surface area contributed by atoms with E-state index in [9.17, 15) is 0 Å². The molecule has 1 saturated carbocycles. The molecule has 2 N–H and O–H groups in total. The van der Waals surface area contributed by atoms with Gasteiger partial charge < -0.3 is 10.5 Å². The summed E-state index contributed by atoms with van der Waals surface area (Å²) in [7, 11) is 3.76. The van der Waals surface area contributed by atoms with Crippen molar-refractivity contribution in [2.24, 2.45) is 11.7 Å². The van der Waals surface area contributed by atoms with Crippen LogP contribution in [0.15, 0.2) is 18.2 Å². The molecule has 4 heteroatoms. The van der Waals surface area contributed by atoms with E-state index < -0.39 is 0 Å². The zero-order valence-corrected chi connectivity index (χ0v) is 11.8. The first kappa shape index (κ1) is 13.7. The van der Waals surface area contributed by atoms with Crippen LogP contribution in [-0.4, -0.2) is 31.6 Å². The second-order valence-electron chi connectivity index (χ2n) is 5.02. The Morgan fingerprint density at radius 3 is 2.72 bits per heavy atom. The lowest BCUT2D eigenvalue weighted by atomic mass is 10.1. The van der Waals surface area contributed by atoms with Gasteiger partial charge in [-0.05, 0) is 43.5 Å². The van der Waals surface area contributed by atoms with Gasteiger partial charge in [0.15, 0.2) is 0 Å². The molecule has 0 aliphatic heterocycles. The van der Waals surface area contributed by atoms with Gasteiger partial charge in [0.1, 0.15) is 5.75 Å². The molecule has 0 aromatic heterocycles. The molecule has 1 atom stereocenters. The summed E-state index contributed by atoms with van der Waals surface area (Å²) in [6.07, 6.45) is 2.63. The number of likely N-dealkylation sites (N-methyl/N-ethyl adjacent to an activating group) is 1. The van der Waals surface area contributed by atoms with Gasteiger partial charge in [-0.3, -0.25) is 4.90 Å². The van der Waals surface area contributed by atoms with E-state index in [0.29, 0.717) is 11.1 Å². The molecule has 1 unspecified atom stereocenters. The second-order valence-corrected chi connectivity index (χ2v) is 5.43. The summed E-state index contributed by atoms with van der Waals surface area (Å²) in [4.78, 5) is 2.33. The third-order valence-corrected chi connectivity index (χ3v) is 3.92. The van der Waals surface area contributed by atoms with E-state index in [1.807, 2.05) is 12.1 Å². The summed E-state index contributed by atoms with van der Waals surface area (Å²) >= 11 is 6.13. The van der Waals surface area contributed by atoms with Gasteiger partial charge in [0, 0.05) is 19.1 Å². The highest BCUT2D eigenvalue weighted by Gasteiger charge is 2.32. The Labute approximate surface area is 114 Å². The van der Waals surface area contributed by atoms with E-state index in [4.69, 9.17) is 22.1 Å². The van der Waals surface area contributed by atoms with Crippen molar-refractivity contribution in [1.82, 2.24) is 4.90 Å². The van der Waals surface area contributed by atoms with Crippen LogP contribution in [0, 0.1) is 5.92 Å². The number of rotatable bonds is 6. The molecule has 0 spiro atoms. The number of nitrogens with zero attached hydrogens (tertiary/aromatic N) is 1. The fraction of sp³-hybridized carbons (Fsp3) is 0.571. The first-order valence-electron chi connectivity index (χ1n) is 6.38. The molecule has 1 fully saturated rings. The van der Waals surface area contributed by atoms with Gasteiger partial charge in [-0.1, -0.05) is 17.7 Å². The summed E-state index contributed by atoms with van der Waals surface area (Å²) in [6.45, 7) is 1.60. The fourth-order valence-corrected chi connectivity index (χ4v) is 2.71. The van der Waals surface area contributed by atoms with Crippen LogP contribution in [0.3, 0.4) is 0 Å². The SMILES string of the molecule is COc1ccc(CN(C)C(CN)C2CC2)cc1Cl. The average Bonchev–Trinajstić information content (AvgIpc) is 3.15. The number of methoxy groups -OCH3 is 1. The molecule has 2 rings (SSSR count). The van der Waals surface area contributed by atoms with Crippen LogP contribution in [0.5, 0.6) is 5.75 Å². The number of nitrogens with two attached hydrogens (primary N) is 1. The van der Waals surface area contributed by atoms with Crippen LogP contribution >= 0.6 is 11.6 Å². The quantitative estimate of drug-likeness (QED) is 0.862. The lowest BCUT2D eigenvalue weighted by molar-refractivity contribution is 0.215. The van der Waals surface area contributed by atoms with E-state index >= 15 is 0 Å². The Morgan fingerprint density at radius 1 is 1.50 bits per heavy atom. The van der Waals surface area contributed by atoms with Crippen LogP contribution in [0.25, 0.3) is 0 Å². The van der Waals surface area contributed by atoms with Crippen LogP contribution in [0.1, 0.15) is 18.4 Å². The Balaban J connectivity index is 2.01. The predicted octanol–water partition coefficient (Wildman–Crippen LogP) is 2.52. The first-order valence-corrected chi connectivity index (χ1v) is 6.76. The molecular weight excluding hydrogens is 248 g/mol. The topological polar surface area (TPSA) is 38.5 Å². The Bertz CT molecular complexity index is 407. The van der Waals surface area contributed by atoms with Crippen molar-refractivity contribution in [3.8, 4) is 5.75 Å². The maximum absolute atomic E-state index is 6.13. The Morgan fingerprint density at radius 2 is 2.22 bits per heavy atom. The van der Waals surface area contributed by atoms with Crippen molar-refractivity contribution in [3.05, 3.63) is 28.8 Å². The van der Waals surface area contributed by atoms with Gasteiger partial charge in [-0.2, -0.15) is 0 Å². The van der Waals surface area contributed by atoms with E-state index in [1.165, 1.54) is 18.4 Å². The molecule has 0 radical (unpaired) electrons. The van der Waals surface area contributed by atoms with E-state index in [2.05, 4.69) is 18.0 Å². The number of ether oxygens (including phenoxy) is 1. The van der Waals surface area contributed by atoms with E-state index in [-0.39, 0.29) is 0 Å². The van der Waals surface area contributed by atoms with Gasteiger partial charge in [-0.25, -0.2) is 0 Å². The molecule has 3 nitrogen and oxygen atoms in total. The Hall–Kier alpha value is -0.770. The minimum absolute atomic E-state index is 0.492. The lowest BCUT2D eigenvalue weighted by Crippen LogP contribution is -2.39. The van der Waals surface area contributed by atoms with E-state index in [0.717, 1.165) is 24.8 Å². The van der Waals surface area contributed by atoms with Crippen molar-refractivity contribution < 1.29 is 4.74 Å². The normalized spacial score (nSPS) is 16.9. The maximum Gasteiger partial charge on any atom is 0.137 e. The summed E-state index contributed by atoms with van der Waals surface area (Å²) < 4.78 is 5.16. The highest BCUT2D eigenvalue weighted by molar-refractivity contribution is 6.32. The van der Waals surface area contributed by atoms with Crippen molar-refractivity contribution >= 4 is 11.6 Å². The van der Waals surface area contributed by atoms with Gasteiger partial charge in [0.05, 0.1) is 12.1 Å². The Kier molecular flexibility index (Phi) is 4.49. The lowest BCUT2D eigenvalue weighted by Gasteiger charge is -2.27. The molecule has 1 aliphatic carbocycles. The summed E-state index contributed by atoms with van der Waals surface area (Å²) in [5, 5.41) is 0.666. The number of hydrogen-bond acceptors (Lipinski definition) is 3. The van der Waals surface area contributed by atoms with Gasteiger partial charge in [0.25, 0.3) is 0 Å². The molecule has 1 aromatic rings. The van der Waals surface area contributed by atoms with Gasteiger partial charge in [-0.15, -0.1) is 0 Å². The molecule has 18 heavy (non-hydrogen) atoms. The monoisotopic (exact) mass is 268 g/mol. The number of halogens is 1. The van der Waals surface area contributed by atoms with Crippen molar-refractivity contribution in [2.75, 3.05) is 20.7 Å². The molecule has 0 heterocycles. The molecule has 0 saturated heterocycles. The van der Waals surface area contributed by atoms with E-state index in [1.54, 1.807) is 7.11 Å². The summed E-state index contributed by atoms with van der Waals surface area (Å²) in [6, 6.07) is 6.44. The molecular formula is C14H21ClN2O. The standard InChI is InChI=1S/C14H21ClN2O/c1-17(13(8-16)11-4-5-11)9-10-3-6-14(18-2)12(15)7-10/h3,6-7,11,13H,4-5,8-9,16H2,1-2H3. The van der Waals surface area contributed by atoms with Crippen LogP contribution in [0.2, 0.25) is 5.02 Å². The second kappa shape index (κ2) is 5.91. The zero-order valence-electron chi connectivity index (χ0n) is 11.0. The number of benzene rings is 1. The van der Waals surface area contributed by atoms with Crippen LogP contribution < -0.4 is 10.5 Å². The third-order valence-electron chi connectivity index (χ3n) is 3.62. The molecule has 0 amide bonds. The number of hydrogen-bond donors (Lipinski definition) is 1. The molecule has 1 aliphatic rings. The van der Waals surface area contributed by atoms with Crippen molar-refractivity contribution in [2.45, 2.75) is 25.4 Å². The maximum atomic E-state index is 6.13. The minimum atomic E-state index is 0.492. The van der Waals surface area contributed by atoms with Crippen molar-refractivity contribution in [1.29, 1.82) is 0 Å².